The van der Waals surface area contributed by atoms with Gasteiger partial charge in [0.15, 0.2) is 0 Å². The Morgan fingerprint density at radius 3 is 2.80 bits per heavy atom. The first-order valence-corrected chi connectivity index (χ1v) is 6.97. The highest BCUT2D eigenvalue weighted by Crippen LogP contribution is 2.09. The number of nitrogens with one attached hydrogen (secondary N) is 2. The summed E-state index contributed by atoms with van der Waals surface area (Å²) in [7, 11) is 0. The number of rotatable bonds is 4. The summed E-state index contributed by atoms with van der Waals surface area (Å²) < 4.78 is 5.67. The minimum atomic E-state index is -0.224. The first kappa shape index (κ1) is 14.7. The normalized spacial score (nSPS) is 23.3. The average Bonchev–Trinajstić information content (AvgIpc) is 2.38. The first-order valence-electron chi connectivity index (χ1n) is 6.97. The van der Waals surface area contributed by atoms with Crippen molar-refractivity contribution in [2.24, 2.45) is 0 Å². The van der Waals surface area contributed by atoms with E-state index in [4.69, 9.17) is 4.74 Å². The van der Waals surface area contributed by atoms with Crippen LogP contribution in [0.3, 0.4) is 0 Å². The number of anilines is 1. The summed E-state index contributed by atoms with van der Waals surface area (Å²) in [6, 6.07) is 5.17. The van der Waals surface area contributed by atoms with Crippen LogP contribution in [0.1, 0.15) is 13.8 Å². The van der Waals surface area contributed by atoms with E-state index in [0.717, 1.165) is 19.6 Å². The second-order valence-corrected chi connectivity index (χ2v) is 5.11. The van der Waals surface area contributed by atoms with Gasteiger partial charge in [-0.05, 0) is 26.0 Å². The standard InChI is InChI=1S/C14H22N4O2/c1-11-9-18(10-12(2)20-11)8-7-16-14(19)17-13-5-3-4-6-15-13/h3-6,11-12H,7-10H2,1-2H3,(H2,15,16,17,19)/t11-,12+. The second-order valence-electron chi connectivity index (χ2n) is 5.11. The number of carbonyl (C=O) groups is 1. The molecule has 1 fully saturated rings. The van der Waals surface area contributed by atoms with Gasteiger partial charge in [-0.15, -0.1) is 0 Å². The van der Waals surface area contributed by atoms with Gasteiger partial charge in [-0.3, -0.25) is 10.2 Å². The van der Waals surface area contributed by atoms with E-state index in [0.29, 0.717) is 12.4 Å². The van der Waals surface area contributed by atoms with Gasteiger partial charge in [-0.2, -0.15) is 0 Å². The molecular weight excluding hydrogens is 256 g/mol. The Bertz CT molecular complexity index is 416. The number of morpholine rings is 1. The van der Waals surface area contributed by atoms with E-state index in [1.165, 1.54) is 0 Å². The lowest BCUT2D eigenvalue weighted by atomic mass is 10.2. The largest absolute Gasteiger partial charge is 0.373 e. The summed E-state index contributed by atoms with van der Waals surface area (Å²) in [6.45, 7) is 7.40. The van der Waals surface area contributed by atoms with Crippen LogP contribution in [-0.2, 0) is 4.74 Å². The highest BCUT2D eigenvalue weighted by atomic mass is 16.5. The smallest absolute Gasteiger partial charge is 0.320 e. The van der Waals surface area contributed by atoms with Crippen LogP contribution < -0.4 is 10.6 Å². The fraction of sp³-hybridized carbons (Fsp3) is 0.571. The Balaban J connectivity index is 1.66. The molecular formula is C14H22N4O2. The Kier molecular flexibility index (Phi) is 5.31. The molecule has 2 N–H and O–H groups in total. The molecule has 110 valence electrons. The molecule has 0 radical (unpaired) electrons. The van der Waals surface area contributed by atoms with Crippen LogP contribution in [0.4, 0.5) is 10.6 Å². The zero-order valence-corrected chi connectivity index (χ0v) is 12.0. The lowest BCUT2D eigenvalue weighted by molar-refractivity contribution is -0.0672. The molecule has 0 saturated carbocycles. The molecule has 1 aliphatic rings. The van der Waals surface area contributed by atoms with Gasteiger partial charge in [0.25, 0.3) is 0 Å². The molecule has 0 unspecified atom stereocenters. The van der Waals surface area contributed by atoms with Crippen LogP contribution in [-0.4, -0.2) is 54.3 Å². The minimum absolute atomic E-state index is 0.224. The van der Waals surface area contributed by atoms with E-state index in [1.807, 2.05) is 12.1 Å². The highest BCUT2D eigenvalue weighted by Gasteiger charge is 2.21. The lowest BCUT2D eigenvalue weighted by Gasteiger charge is -2.35. The van der Waals surface area contributed by atoms with Gasteiger partial charge in [0.1, 0.15) is 5.82 Å². The zero-order valence-electron chi connectivity index (χ0n) is 12.0. The molecule has 2 atom stereocenters. The van der Waals surface area contributed by atoms with Crippen LogP contribution in [0.5, 0.6) is 0 Å². The van der Waals surface area contributed by atoms with E-state index < -0.39 is 0 Å². The molecule has 20 heavy (non-hydrogen) atoms. The summed E-state index contributed by atoms with van der Waals surface area (Å²) in [6.07, 6.45) is 2.15. The molecule has 1 aliphatic heterocycles. The van der Waals surface area contributed by atoms with E-state index in [1.54, 1.807) is 12.3 Å². The fourth-order valence-electron chi connectivity index (χ4n) is 2.39. The van der Waals surface area contributed by atoms with Crippen LogP contribution in [0.25, 0.3) is 0 Å². The topological polar surface area (TPSA) is 66.5 Å². The third-order valence-electron chi connectivity index (χ3n) is 3.12. The van der Waals surface area contributed by atoms with Crippen molar-refractivity contribution in [3.63, 3.8) is 0 Å². The van der Waals surface area contributed by atoms with Gasteiger partial charge in [0.2, 0.25) is 0 Å². The third-order valence-corrected chi connectivity index (χ3v) is 3.12. The lowest BCUT2D eigenvalue weighted by Crippen LogP contribution is -2.48. The maximum absolute atomic E-state index is 11.7. The zero-order chi connectivity index (χ0) is 14.4. The predicted octanol–water partition coefficient (Wildman–Crippen LogP) is 1.31. The number of urea groups is 1. The number of nitrogens with zero attached hydrogens (tertiary/aromatic N) is 2. The number of carbonyl (C=O) groups excluding carboxylic acids is 1. The molecule has 0 spiro atoms. The van der Waals surface area contributed by atoms with Gasteiger partial charge in [0.05, 0.1) is 12.2 Å². The molecule has 2 amide bonds. The molecule has 0 aromatic carbocycles. The second kappa shape index (κ2) is 7.21. The molecule has 0 aliphatic carbocycles. The molecule has 6 heteroatoms. The van der Waals surface area contributed by atoms with Gasteiger partial charge in [-0.25, -0.2) is 9.78 Å². The van der Waals surface area contributed by atoms with E-state index >= 15 is 0 Å². The van der Waals surface area contributed by atoms with Crippen molar-refractivity contribution >= 4 is 11.8 Å². The molecule has 6 nitrogen and oxygen atoms in total. The molecule has 1 aromatic rings. The van der Waals surface area contributed by atoms with Crippen molar-refractivity contribution in [2.75, 3.05) is 31.5 Å². The van der Waals surface area contributed by atoms with Gasteiger partial charge >= 0.3 is 6.03 Å². The number of hydrogen-bond acceptors (Lipinski definition) is 4. The molecule has 1 saturated heterocycles. The summed E-state index contributed by atoms with van der Waals surface area (Å²) >= 11 is 0. The van der Waals surface area contributed by atoms with Gasteiger partial charge in [-0.1, -0.05) is 6.07 Å². The van der Waals surface area contributed by atoms with Crippen molar-refractivity contribution in [3.8, 4) is 0 Å². The maximum Gasteiger partial charge on any atom is 0.320 e. The summed E-state index contributed by atoms with van der Waals surface area (Å²) in [5, 5.41) is 5.53. The summed E-state index contributed by atoms with van der Waals surface area (Å²) in [5.41, 5.74) is 0. The van der Waals surface area contributed by atoms with Crippen molar-refractivity contribution in [1.82, 2.24) is 15.2 Å². The van der Waals surface area contributed by atoms with Crippen LogP contribution >= 0.6 is 0 Å². The van der Waals surface area contributed by atoms with E-state index in [-0.39, 0.29) is 18.2 Å². The van der Waals surface area contributed by atoms with Crippen molar-refractivity contribution < 1.29 is 9.53 Å². The maximum atomic E-state index is 11.7. The number of amides is 2. The fourth-order valence-corrected chi connectivity index (χ4v) is 2.39. The minimum Gasteiger partial charge on any atom is -0.373 e. The number of pyridine rings is 1. The number of ether oxygens (including phenoxy) is 1. The molecule has 2 heterocycles. The summed E-state index contributed by atoms with van der Waals surface area (Å²) in [5.74, 6) is 0.554. The Morgan fingerprint density at radius 1 is 1.40 bits per heavy atom. The third kappa shape index (κ3) is 4.79. The van der Waals surface area contributed by atoms with E-state index in [2.05, 4.69) is 34.4 Å². The van der Waals surface area contributed by atoms with Crippen LogP contribution in [0, 0.1) is 0 Å². The van der Waals surface area contributed by atoms with Crippen molar-refractivity contribution in [3.05, 3.63) is 24.4 Å². The monoisotopic (exact) mass is 278 g/mol. The molecule has 2 rings (SSSR count). The summed E-state index contributed by atoms with van der Waals surface area (Å²) in [4.78, 5) is 18.0. The molecule has 1 aromatic heterocycles. The van der Waals surface area contributed by atoms with Crippen LogP contribution in [0.2, 0.25) is 0 Å². The SMILES string of the molecule is C[C@@H]1CN(CCNC(=O)Nc2ccccn2)C[C@H](C)O1. The quantitative estimate of drug-likeness (QED) is 0.871. The van der Waals surface area contributed by atoms with E-state index in [9.17, 15) is 4.79 Å². The Hall–Kier alpha value is -1.66. The average molecular weight is 278 g/mol. The highest BCUT2D eigenvalue weighted by molar-refractivity contribution is 5.88. The predicted molar refractivity (Wildman–Crippen MR) is 77.7 cm³/mol. The molecule has 0 bridgehead atoms. The Morgan fingerprint density at radius 2 is 2.15 bits per heavy atom. The van der Waals surface area contributed by atoms with Crippen molar-refractivity contribution in [1.29, 1.82) is 0 Å². The van der Waals surface area contributed by atoms with Gasteiger partial charge in [0, 0.05) is 32.4 Å². The van der Waals surface area contributed by atoms with Crippen LogP contribution in [0.15, 0.2) is 24.4 Å². The van der Waals surface area contributed by atoms with Gasteiger partial charge < -0.3 is 10.1 Å². The number of aromatic nitrogens is 1. The number of hydrogen-bond donors (Lipinski definition) is 2. The van der Waals surface area contributed by atoms with Crippen molar-refractivity contribution in [2.45, 2.75) is 26.1 Å². The Labute approximate surface area is 119 Å². The first-order chi connectivity index (χ1) is 9.63.